The van der Waals surface area contributed by atoms with Gasteiger partial charge in [-0.15, -0.1) is 13.2 Å². The van der Waals surface area contributed by atoms with E-state index in [4.69, 9.17) is 0 Å². The van der Waals surface area contributed by atoms with Crippen molar-refractivity contribution in [1.82, 2.24) is 10.2 Å². The maximum Gasteiger partial charge on any atom is 0.0164 e. The predicted molar refractivity (Wildman–Crippen MR) is 71.6 cm³/mol. The molecule has 0 aromatic heterocycles. The van der Waals surface area contributed by atoms with Crippen LogP contribution in [-0.2, 0) is 0 Å². The molecule has 1 N–H and O–H groups in total. The van der Waals surface area contributed by atoms with E-state index in [0.29, 0.717) is 6.04 Å². The molecule has 0 spiro atoms. The van der Waals surface area contributed by atoms with Crippen LogP contribution in [0.5, 0.6) is 0 Å². The Morgan fingerprint density at radius 3 is 2.38 bits per heavy atom. The van der Waals surface area contributed by atoms with Crippen LogP contribution in [0.1, 0.15) is 25.7 Å². The SMILES string of the molecule is C=CCN(CC=C)CC1CCCCC1NC. The molecule has 1 rings (SSSR count). The summed E-state index contributed by atoms with van der Waals surface area (Å²) in [7, 11) is 2.09. The Labute approximate surface area is 100 Å². The Balaban J connectivity index is 2.46. The lowest BCUT2D eigenvalue weighted by molar-refractivity contribution is 0.193. The van der Waals surface area contributed by atoms with Crippen molar-refractivity contribution in [3.8, 4) is 0 Å². The molecule has 0 bridgehead atoms. The first-order valence-corrected chi connectivity index (χ1v) is 6.43. The average molecular weight is 222 g/mol. The minimum atomic E-state index is 0.700. The van der Waals surface area contributed by atoms with Crippen LogP contribution in [0.15, 0.2) is 25.3 Å². The zero-order valence-corrected chi connectivity index (χ0v) is 10.6. The number of nitrogens with one attached hydrogen (secondary N) is 1. The van der Waals surface area contributed by atoms with Gasteiger partial charge in [-0.1, -0.05) is 25.0 Å². The molecule has 1 fully saturated rings. The van der Waals surface area contributed by atoms with E-state index >= 15 is 0 Å². The molecule has 16 heavy (non-hydrogen) atoms. The second-order valence-electron chi connectivity index (χ2n) is 4.74. The van der Waals surface area contributed by atoms with Gasteiger partial charge in [0.15, 0.2) is 0 Å². The fraction of sp³-hybridized carbons (Fsp3) is 0.714. The first-order chi connectivity index (χ1) is 7.81. The van der Waals surface area contributed by atoms with E-state index in [2.05, 4.69) is 30.4 Å². The van der Waals surface area contributed by atoms with Gasteiger partial charge in [-0.05, 0) is 25.8 Å². The monoisotopic (exact) mass is 222 g/mol. The summed E-state index contributed by atoms with van der Waals surface area (Å²) in [6.45, 7) is 10.8. The molecule has 2 heteroatoms. The molecule has 1 saturated carbocycles. The highest BCUT2D eigenvalue weighted by Gasteiger charge is 2.24. The van der Waals surface area contributed by atoms with Crippen molar-refractivity contribution in [2.45, 2.75) is 31.7 Å². The third kappa shape index (κ3) is 4.11. The molecule has 0 aliphatic heterocycles. The van der Waals surface area contributed by atoms with Crippen LogP contribution >= 0.6 is 0 Å². The van der Waals surface area contributed by atoms with E-state index in [1.54, 1.807) is 0 Å². The Kier molecular flexibility index (Phi) is 6.43. The van der Waals surface area contributed by atoms with Gasteiger partial charge in [-0.3, -0.25) is 4.90 Å². The van der Waals surface area contributed by atoms with E-state index in [9.17, 15) is 0 Å². The third-order valence-corrected chi connectivity index (χ3v) is 3.55. The van der Waals surface area contributed by atoms with Gasteiger partial charge in [0.25, 0.3) is 0 Å². The van der Waals surface area contributed by atoms with Crippen molar-refractivity contribution in [1.29, 1.82) is 0 Å². The van der Waals surface area contributed by atoms with E-state index in [-0.39, 0.29) is 0 Å². The number of rotatable bonds is 7. The van der Waals surface area contributed by atoms with Gasteiger partial charge in [-0.2, -0.15) is 0 Å². The molecule has 1 aliphatic carbocycles. The summed E-state index contributed by atoms with van der Waals surface area (Å²) in [5.41, 5.74) is 0. The first-order valence-electron chi connectivity index (χ1n) is 6.43. The molecule has 0 aromatic rings. The van der Waals surface area contributed by atoms with Crippen molar-refractivity contribution in [3.05, 3.63) is 25.3 Å². The van der Waals surface area contributed by atoms with Gasteiger partial charge in [0.1, 0.15) is 0 Å². The van der Waals surface area contributed by atoms with E-state index in [0.717, 1.165) is 19.0 Å². The van der Waals surface area contributed by atoms with Gasteiger partial charge in [0, 0.05) is 25.7 Å². The summed E-state index contributed by atoms with van der Waals surface area (Å²) in [4.78, 5) is 2.43. The molecule has 92 valence electrons. The van der Waals surface area contributed by atoms with Crippen LogP contribution in [0.2, 0.25) is 0 Å². The molecule has 2 nitrogen and oxygen atoms in total. The highest BCUT2D eigenvalue weighted by Crippen LogP contribution is 2.25. The number of hydrogen-bond donors (Lipinski definition) is 1. The van der Waals surface area contributed by atoms with Gasteiger partial charge in [-0.25, -0.2) is 0 Å². The van der Waals surface area contributed by atoms with Crippen LogP contribution in [0.3, 0.4) is 0 Å². The summed E-state index contributed by atoms with van der Waals surface area (Å²) >= 11 is 0. The lowest BCUT2D eigenvalue weighted by Crippen LogP contribution is -2.43. The molecular formula is C14H26N2. The van der Waals surface area contributed by atoms with Crippen LogP contribution in [0.25, 0.3) is 0 Å². The maximum absolute atomic E-state index is 3.82. The van der Waals surface area contributed by atoms with Crippen molar-refractivity contribution in [3.63, 3.8) is 0 Å². The highest BCUT2D eigenvalue weighted by molar-refractivity contribution is 4.86. The Bertz CT molecular complexity index is 203. The number of nitrogens with zero attached hydrogens (tertiary/aromatic N) is 1. The van der Waals surface area contributed by atoms with Crippen LogP contribution < -0.4 is 5.32 Å². The predicted octanol–water partition coefficient (Wildman–Crippen LogP) is 2.44. The zero-order valence-electron chi connectivity index (χ0n) is 10.6. The van der Waals surface area contributed by atoms with Gasteiger partial charge < -0.3 is 5.32 Å². The van der Waals surface area contributed by atoms with Gasteiger partial charge in [0.2, 0.25) is 0 Å². The molecule has 2 unspecified atom stereocenters. The summed E-state index contributed by atoms with van der Waals surface area (Å²) in [6.07, 6.45) is 9.43. The molecule has 2 atom stereocenters. The Morgan fingerprint density at radius 2 is 1.81 bits per heavy atom. The quantitative estimate of drug-likeness (QED) is 0.666. The topological polar surface area (TPSA) is 15.3 Å². The fourth-order valence-electron chi connectivity index (χ4n) is 2.73. The van der Waals surface area contributed by atoms with Crippen molar-refractivity contribution in [2.75, 3.05) is 26.7 Å². The van der Waals surface area contributed by atoms with Crippen molar-refractivity contribution < 1.29 is 0 Å². The summed E-state index contributed by atoms with van der Waals surface area (Å²) in [5, 5.41) is 3.47. The van der Waals surface area contributed by atoms with Crippen LogP contribution in [0.4, 0.5) is 0 Å². The zero-order chi connectivity index (χ0) is 11.8. The molecule has 0 saturated heterocycles. The van der Waals surface area contributed by atoms with Crippen molar-refractivity contribution >= 4 is 0 Å². The molecule has 1 aliphatic rings. The standard InChI is InChI=1S/C14H26N2/c1-4-10-16(11-5-2)12-13-8-6-7-9-14(13)15-3/h4-5,13-15H,1-2,6-12H2,3H3. The molecule has 0 radical (unpaired) electrons. The average Bonchev–Trinajstić information content (AvgIpc) is 2.30. The highest BCUT2D eigenvalue weighted by atomic mass is 15.1. The first kappa shape index (κ1) is 13.5. The fourth-order valence-corrected chi connectivity index (χ4v) is 2.73. The smallest absolute Gasteiger partial charge is 0.0164 e. The summed E-state index contributed by atoms with van der Waals surface area (Å²) in [6, 6.07) is 0.700. The second kappa shape index (κ2) is 7.64. The van der Waals surface area contributed by atoms with E-state index < -0.39 is 0 Å². The van der Waals surface area contributed by atoms with E-state index in [1.807, 2.05) is 12.2 Å². The normalized spacial score (nSPS) is 25.6. The maximum atomic E-state index is 3.82. The minimum absolute atomic E-state index is 0.700. The number of hydrogen-bond acceptors (Lipinski definition) is 2. The molecular weight excluding hydrogens is 196 g/mol. The molecule has 0 heterocycles. The Morgan fingerprint density at radius 1 is 1.19 bits per heavy atom. The van der Waals surface area contributed by atoms with Gasteiger partial charge in [0.05, 0.1) is 0 Å². The van der Waals surface area contributed by atoms with Crippen molar-refractivity contribution in [2.24, 2.45) is 5.92 Å². The largest absolute Gasteiger partial charge is 0.317 e. The minimum Gasteiger partial charge on any atom is -0.317 e. The Hall–Kier alpha value is -0.600. The van der Waals surface area contributed by atoms with Gasteiger partial charge >= 0.3 is 0 Å². The third-order valence-electron chi connectivity index (χ3n) is 3.55. The summed E-state index contributed by atoms with van der Waals surface area (Å²) < 4.78 is 0. The lowest BCUT2D eigenvalue weighted by atomic mass is 9.84. The summed E-state index contributed by atoms with van der Waals surface area (Å²) in [5.74, 6) is 0.790. The van der Waals surface area contributed by atoms with Crippen LogP contribution in [-0.4, -0.2) is 37.6 Å². The second-order valence-corrected chi connectivity index (χ2v) is 4.74. The lowest BCUT2D eigenvalue weighted by Gasteiger charge is -2.34. The van der Waals surface area contributed by atoms with Crippen LogP contribution in [0, 0.1) is 5.92 Å². The molecule has 0 amide bonds. The molecule has 0 aromatic carbocycles. The van der Waals surface area contributed by atoms with E-state index in [1.165, 1.54) is 32.2 Å².